The van der Waals surface area contributed by atoms with Crippen LogP contribution in [0.3, 0.4) is 0 Å². The summed E-state index contributed by atoms with van der Waals surface area (Å²) >= 11 is 6.05. The van der Waals surface area contributed by atoms with E-state index >= 15 is 0 Å². The summed E-state index contributed by atoms with van der Waals surface area (Å²) in [6.07, 6.45) is 4.12. The summed E-state index contributed by atoms with van der Waals surface area (Å²) in [5, 5.41) is 9.38. The fourth-order valence-electron chi connectivity index (χ4n) is 2.83. The van der Waals surface area contributed by atoms with Crippen LogP contribution in [-0.4, -0.2) is 30.9 Å². The third-order valence-corrected chi connectivity index (χ3v) is 6.45. The first kappa shape index (κ1) is 16.7. The molecule has 1 aromatic rings. The molecule has 2 rings (SSSR count). The lowest BCUT2D eigenvalue weighted by Gasteiger charge is -2.31. The summed E-state index contributed by atoms with van der Waals surface area (Å²) in [7, 11) is -3.57. The highest BCUT2D eigenvalue weighted by Crippen LogP contribution is 2.30. The first-order valence-corrected chi connectivity index (χ1v) is 9.20. The van der Waals surface area contributed by atoms with E-state index in [-0.39, 0.29) is 16.5 Å². The van der Waals surface area contributed by atoms with Crippen LogP contribution in [0.5, 0.6) is 0 Å². The van der Waals surface area contributed by atoms with Crippen molar-refractivity contribution in [1.29, 1.82) is 0 Å². The van der Waals surface area contributed by atoms with Gasteiger partial charge in [0.1, 0.15) is 4.90 Å². The summed E-state index contributed by atoms with van der Waals surface area (Å²) in [6, 6.07) is 4.63. The first-order valence-electron chi connectivity index (χ1n) is 7.38. The Morgan fingerprint density at radius 2 is 2.00 bits per heavy atom. The fraction of sp³-hybridized carbons (Fsp3) is 0.600. The molecule has 4 nitrogen and oxygen atoms in total. The molecule has 0 bridgehead atoms. The molecule has 1 saturated heterocycles. The lowest BCUT2D eigenvalue weighted by atomic mass is 9.94. The Balaban J connectivity index is 2.19. The molecule has 0 saturated carbocycles. The summed E-state index contributed by atoms with van der Waals surface area (Å²) in [5.74, 6) is 0.626. The van der Waals surface area contributed by atoms with E-state index in [0.29, 0.717) is 24.6 Å². The molecule has 1 fully saturated rings. The zero-order valence-electron chi connectivity index (χ0n) is 12.3. The minimum Gasteiger partial charge on any atom is -0.392 e. The highest BCUT2D eigenvalue weighted by Gasteiger charge is 2.30. The third-order valence-electron chi connectivity index (χ3n) is 4.07. The predicted octanol–water partition coefficient (Wildman–Crippen LogP) is 3.03. The fourth-order valence-corrected chi connectivity index (χ4v) is 4.82. The van der Waals surface area contributed by atoms with E-state index in [1.165, 1.54) is 16.4 Å². The molecule has 0 aliphatic carbocycles. The van der Waals surface area contributed by atoms with E-state index in [1.54, 1.807) is 6.07 Å². The van der Waals surface area contributed by atoms with E-state index in [9.17, 15) is 13.5 Å². The highest BCUT2D eigenvalue weighted by molar-refractivity contribution is 7.89. The quantitative estimate of drug-likeness (QED) is 0.902. The Hall–Kier alpha value is -0.620. The maximum atomic E-state index is 12.7. The average Bonchev–Trinajstić information content (AvgIpc) is 2.48. The highest BCUT2D eigenvalue weighted by atomic mass is 35.5. The molecule has 0 aromatic heterocycles. The van der Waals surface area contributed by atoms with Gasteiger partial charge in [0.2, 0.25) is 10.0 Å². The van der Waals surface area contributed by atoms with Gasteiger partial charge in [0.05, 0.1) is 11.6 Å². The number of halogens is 1. The summed E-state index contributed by atoms with van der Waals surface area (Å²) in [6.45, 7) is 3.06. The Bertz CT molecular complexity index is 581. The number of nitrogens with zero attached hydrogens (tertiary/aromatic N) is 1. The normalized spacial score (nSPS) is 18.0. The number of piperidine rings is 1. The third kappa shape index (κ3) is 3.77. The zero-order valence-corrected chi connectivity index (χ0v) is 13.8. The van der Waals surface area contributed by atoms with Gasteiger partial charge < -0.3 is 5.11 Å². The smallest absolute Gasteiger partial charge is 0.244 e. The van der Waals surface area contributed by atoms with Gasteiger partial charge in [-0.25, -0.2) is 8.42 Å². The van der Waals surface area contributed by atoms with Gasteiger partial charge >= 0.3 is 0 Å². The van der Waals surface area contributed by atoms with Crippen molar-refractivity contribution in [3.63, 3.8) is 0 Å². The number of aliphatic hydroxyl groups is 1. The monoisotopic (exact) mass is 331 g/mol. The molecule has 0 unspecified atom stereocenters. The van der Waals surface area contributed by atoms with Crippen LogP contribution >= 0.6 is 11.6 Å². The molecule has 1 aromatic carbocycles. The first-order chi connectivity index (χ1) is 9.98. The largest absolute Gasteiger partial charge is 0.392 e. The summed E-state index contributed by atoms with van der Waals surface area (Å²) in [4.78, 5) is 0.102. The van der Waals surface area contributed by atoms with Crippen LogP contribution in [0.25, 0.3) is 0 Å². The molecular formula is C15H22ClNO3S. The van der Waals surface area contributed by atoms with Gasteiger partial charge in [0, 0.05) is 13.1 Å². The van der Waals surface area contributed by atoms with Gasteiger partial charge in [0.25, 0.3) is 0 Å². The van der Waals surface area contributed by atoms with Crippen molar-refractivity contribution in [2.24, 2.45) is 5.92 Å². The molecule has 1 aliphatic heterocycles. The van der Waals surface area contributed by atoms with Gasteiger partial charge in [-0.1, -0.05) is 37.4 Å². The van der Waals surface area contributed by atoms with Gasteiger partial charge in [-0.05, 0) is 36.5 Å². The van der Waals surface area contributed by atoms with Crippen molar-refractivity contribution in [2.45, 2.75) is 44.1 Å². The van der Waals surface area contributed by atoms with Crippen LogP contribution in [0.4, 0.5) is 0 Å². The SMILES string of the molecule is CCCC1CCN(S(=O)(=O)c2cc(CO)ccc2Cl)CC1. The number of aliphatic hydroxyl groups excluding tert-OH is 1. The van der Waals surface area contributed by atoms with Crippen LogP contribution in [-0.2, 0) is 16.6 Å². The molecule has 1 heterocycles. The van der Waals surface area contributed by atoms with E-state index in [1.807, 2.05) is 0 Å². The zero-order chi connectivity index (χ0) is 15.5. The molecule has 0 radical (unpaired) electrons. The maximum absolute atomic E-state index is 12.7. The average molecular weight is 332 g/mol. The van der Waals surface area contributed by atoms with E-state index in [4.69, 9.17) is 11.6 Å². The van der Waals surface area contributed by atoms with E-state index in [0.717, 1.165) is 25.7 Å². The lowest BCUT2D eigenvalue weighted by molar-refractivity contribution is 0.262. The molecule has 21 heavy (non-hydrogen) atoms. The van der Waals surface area contributed by atoms with Gasteiger partial charge in [0.15, 0.2) is 0 Å². The minimum atomic E-state index is -3.57. The van der Waals surface area contributed by atoms with Crippen LogP contribution in [0.15, 0.2) is 23.1 Å². The standard InChI is InChI=1S/C15H22ClNO3S/c1-2-3-12-6-8-17(9-7-12)21(19,20)15-10-13(11-18)4-5-14(15)16/h4-5,10,12,18H,2-3,6-9,11H2,1H3. The molecule has 1 aliphatic rings. The molecule has 0 amide bonds. The van der Waals surface area contributed by atoms with Crippen molar-refractivity contribution in [3.8, 4) is 0 Å². The Morgan fingerprint density at radius 1 is 1.33 bits per heavy atom. The van der Waals surface area contributed by atoms with E-state index in [2.05, 4.69) is 6.92 Å². The van der Waals surface area contributed by atoms with E-state index < -0.39 is 10.0 Å². The van der Waals surface area contributed by atoms with Crippen molar-refractivity contribution in [3.05, 3.63) is 28.8 Å². The Kier molecular flexibility index (Phi) is 5.66. The summed E-state index contributed by atoms with van der Waals surface area (Å²) in [5.41, 5.74) is 0.554. The number of benzene rings is 1. The maximum Gasteiger partial charge on any atom is 0.244 e. The molecular weight excluding hydrogens is 310 g/mol. The second kappa shape index (κ2) is 7.09. The number of hydrogen-bond donors (Lipinski definition) is 1. The number of rotatable bonds is 5. The molecule has 6 heteroatoms. The van der Waals surface area contributed by atoms with Crippen LogP contribution in [0.1, 0.15) is 38.2 Å². The second-order valence-electron chi connectivity index (χ2n) is 5.56. The summed E-state index contributed by atoms with van der Waals surface area (Å²) < 4.78 is 26.9. The van der Waals surface area contributed by atoms with Crippen LogP contribution < -0.4 is 0 Å². The molecule has 0 spiro atoms. The van der Waals surface area contributed by atoms with Crippen molar-refractivity contribution >= 4 is 21.6 Å². The molecule has 0 atom stereocenters. The molecule has 118 valence electrons. The predicted molar refractivity (Wildman–Crippen MR) is 83.8 cm³/mol. The van der Waals surface area contributed by atoms with Crippen molar-refractivity contribution < 1.29 is 13.5 Å². The van der Waals surface area contributed by atoms with Gasteiger partial charge in [-0.15, -0.1) is 0 Å². The topological polar surface area (TPSA) is 57.6 Å². The Morgan fingerprint density at radius 3 is 2.57 bits per heavy atom. The van der Waals surface area contributed by atoms with Gasteiger partial charge in [-0.2, -0.15) is 4.31 Å². The number of hydrogen-bond acceptors (Lipinski definition) is 3. The number of sulfonamides is 1. The Labute approximate surface area is 131 Å². The minimum absolute atomic E-state index is 0.102. The second-order valence-corrected chi connectivity index (χ2v) is 7.87. The lowest BCUT2D eigenvalue weighted by Crippen LogP contribution is -2.38. The molecule has 1 N–H and O–H groups in total. The van der Waals surface area contributed by atoms with Crippen LogP contribution in [0, 0.1) is 5.92 Å². The van der Waals surface area contributed by atoms with Crippen molar-refractivity contribution in [1.82, 2.24) is 4.31 Å². The van der Waals surface area contributed by atoms with Crippen molar-refractivity contribution in [2.75, 3.05) is 13.1 Å². The van der Waals surface area contributed by atoms with Crippen LogP contribution in [0.2, 0.25) is 5.02 Å². The van der Waals surface area contributed by atoms with Gasteiger partial charge in [-0.3, -0.25) is 0 Å².